The number of nitrogen functional groups attached to an aromatic ring is 1. The Morgan fingerprint density at radius 2 is 1.94 bits per heavy atom. The van der Waals surface area contributed by atoms with Crippen molar-refractivity contribution in [2.24, 2.45) is 0 Å². The molecule has 1 fully saturated rings. The molecule has 9 nitrogen and oxygen atoms in total. The van der Waals surface area contributed by atoms with Crippen LogP contribution in [-0.4, -0.2) is 61.2 Å². The molecular weight excluding hydrogens is 396 g/mol. The van der Waals surface area contributed by atoms with Crippen LogP contribution in [0.5, 0.6) is 5.75 Å². The largest absolute Gasteiger partial charge is 0.507 e. The van der Waals surface area contributed by atoms with Crippen LogP contribution in [0, 0.1) is 0 Å². The second-order valence-electron chi connectivity index (χ2n) is 8.90. The first-order valence-electron chi connectivity index (χ1n) is 10.5. The van der Waals surface area contributed by atoms with Gasteiger partial charge in [0.1, 0.15) is 11.4 Å². The number of anilines is 1. The van der Waals surface area contributed by atoms with Gasteiger partial charge in [-0.1, -0.05) is 12.1 Å². The first-order valence-corrected chi connectivity index (χ1v) is 10.5. The lowest BCUT2D eigenvalue weighted by Gasteiger charge is -2.32. The molecule has 3 heterocycles. The third-order valence-electron chi connectivity index (χ3n) is 5.33. The number of hydrogen-bond acceptors (Lipinski definition) is 8. The molecule has 0 spiro atoms. The number of aromatic hydroxyl groups is 1. The molecule has 0 atom stereocenters. The van der Waals surface area contributed by atoms with Crippen molar-refractivity contribution in [3.8, 4) is 17.0 Å². The van der Waals surface area contributed by atoms with Crippen LogP contribution >= 0.6 is 0 Å². The molecule has 0 bridgehead atoms. The van der Waals surface area contributed by atoms with E-state index in [4.69, 9.17) is 10.5 Å². The van der Waals surface area contributed by atoms with E-state index in [2.05, 4.69) is 20.2 Å². The van der Waals surface area contributed by atoms with Crippen molar-refractivity contribution in [1.29, 1.82) is 0 Å². The molecule has 1 aromatic carbocycles. The van der Waals surface area contributed by atoms with Crippen LogP contribution in [-0.2, 0) is 9.53 Å². The summed E-state index contributed by atoms with van der Waals surface area (Å²) in [7, 11) is 0. The predicted octanol–water partition coefficient (Wildman–Crippen LogP) is 2.76. The summed E-state index contributed by atoms with van der Waals surface area (Å²) in [5.41, 5.74) is 8.13. The van der Waals surface area contributed by atoms with E-state index in [1.807, 2.05) is 37.6 Å². The summed E-state index contributed by atoms with van der Waals surface area (Å²) in [5, 5.41) is 23.2. The quantitative estimate of drug-likeness (QED) is 0.614. The Labute approximate surface area is 180 Å². The third kappa shape index (κ3) is 4.61. The number of nitrogens with two attached hydrogens (primary N) is 1. The highest BCUT2D eigenvalue weighted by atomic mass is 16.6. The van der Waals surface area contributed by atoms with Gasteiger partial charge in [-0.2, -0.15) is 5.10 Å². The van der Waals surface area contributed by atoms with Gasteiger partial charge in [-0.05, 0) is 51.8 Å². The number of carbonyl (C=O) groups excluding carboxylic acids is 1. The fourth-order valence-electron chi connectivity index (χ4n) is 3.93. The average molecular weight is 425 g/mol. The minimum atomic E-state index is -0.479. The molecular formula is C22H28N6O3. The number of likely N-dealkylation sites (tertiary alicyclic amines) is 1. The van der Waals surface area contributed by atoms with Crippen molar-refractivity contribution in [2.45, 2.75) is 45.3 Å². The molecule has 1 aliphatic rings. The van der Waals surface area contributed by atoms with Crippen molar-refractivity contribution in [3.63, 3.8) is 0 Å². The number of ether oxygens (including phenoxy) is 1. The van der Waals surface area contributed by atoms with Crippen LogP contribution in [0.1, 0.15) is 39.7 Å². The van der Waals surface area contributed by atoms with E-state index < -0.39 is 5.60 Å². The van der Waals surface area contributed by atoms with E-state index in [1.54, 1.807) is 18.2 Å². The van der Waals surface area contributed by atoms with Gasteiger partial charge >= 0.3 is 5.97 Å². The van der Waals surface area contributed by atoms with Crippen molar-refractivity contribution in [3.05, 3.63) is 30.3 Å². The van der Waals surface area contributed by atoms with Crippen LogP contribution in [0.2, 0.25) is 0 Å². The summed E-state index contributed by atoms with van der Waals surface area (Å²) in [6.07, 6.45) is 1.65. The van der Waals surface area contributed by atoms with E-state index in [9.17, 15) is 9.90 Å². The standard InChI is InChI=1S/C22H28N6O3/c1-22(2,3)31-19(30)13-27-10-8-14(9-11-27)28-17-12-16(15-6-4-5-7-18(15)29)24-25-20(17)21(23)26-28/h4-7,12,14,29H,8-11,13H2,1-3H3,(H2,23,26). The Kier molecular flexibility index (Phi) is 5.53. The monoisotopic (exact) mass is 424 g/mol. The van der Waals surface area contributed by atoms with Gasteiger partial charge < -0.3 is 15.6 Å². The lowest BCUT2D eigenvalue weighted by molar-refractivity contribution is -0.156. The molecule has 2 aromatic heterocycles. The van der Waals surface area contributed by atoms with Gasteiger partial charge in [-0.15, -0.1) is 10.2 Å². The van der Waals surface area contributed by atoms with Crippen molar-refractivity contribution >= 4 is 22.8 Å². The van der Waals surface area contributed by atoms with Gasteiger partial charge in [-0.3, -0.25) is 14.4 Å². The summed E-state index contributed by atoms with van der Waals surface area (Å²) in [6.45, 7) is 7.42. The van der Waals surface area contributed by atoms with Crippen LogP contribution < -0.4 is 5.73 Å². The van der Waals surface area contributed by atoms with Crippen LogP contribution in [0.3, 0.4) is 0 Å². The molecule has 0 aliphatic carbocycles. The number of esters is 1. The minimum absolute atomic E-state index is 0.135. The highest BCUT2D eigenvalue weighted by Crippen LogP contribution is 2.32. The number of para-hydroxylation sites is 1. The number of piperidine rings is 1. The smallest absolute Gasteiger partial charge is 0.320 e. The summed E-state index contributed by atoms with van der Waals surface area (Å²) in [6, 6.07) is 9.02. The maximum atomic E-state index is 12.1. The highest BCUT2D eigenvalue weighted by Gasteiger charge is 2.27. The molecule has 0 saturated carbocycles. The second-order valence-corrected chi connectivity index (χ2v) is 8.90. The predicted molar refractivity (Wildman–Crippen MR) is 117 cm³/mol. The van der Waals surface area contributed by atoms with E-state index in [0.717, 1.165) is 31.4 Å². The Morgan fingerprint density at radius 3 is 2.61 bits per heavy atom. The molecule has 1 aliphatic heterocycles. The van der Waals surface area contributed by atoms with E-state index in [1.165, 1.54) is 0 Å². The van der Waals surface area contributed by atoms with Gasteiger partial charge in [0, 0.05) is 18.7 Å². The number of rotatable bonds is 4. The lowest BCUT2D eigenvalue weighted by Crippen LogP contribution is -2.40. The van der Waals surface area contributed by atoms with Crippen LogP contribution in [0.15, 0.2) is 30.3 Å². The summed E-state index contributed by atoms with van der Waals surface area (Å²) in [5.74, 6) is 0.274. The topological polar surface area (TPSA) is 119 Å². The first-order chi connectivity index (χ1) is 14.7. The Balaban J connectivity index is 1.52. The molecule has 0 radical (unpaired) electrons. The Bertz CT molecular complexity index is 1100. The molecule has 1 saturated heterocycles. The molecule has 3 N–H and O–H groups in total. The fraction of sp³-hybridized carbons (Fsp3) is 0.455. The molecule has 31 heavy (non-hydrogen) atoms. The number of benzene rings is 1. The number of phenols is 1. The normalized spacial score (nSPS) is 16.0. The molecule has 9 heteroatoms. The molecule has 0 amide bonds. The number of fused-ring (bicyclic) bond motifs is 1. The minimum Gasteiger partial charge on any atom is -0.507 e. The van der Waals surface area contributed by atoms with Crippen molar-refractivity contribution < 1.29 is 14.6 Å². The zero-order valence-electron chi connectivity index (χ0n) is 18.1. The van der Waals surface area contributed by atoms with Crippen molar-refractivity contribution in [2.75, 3.05) is 25.4 Å². The number of carbonyl (C=O) groups is 1. The Morgan fingerprint density at radius 1 is 1.23 bits per heavy atom. The Hall–Kier alpha value is -3.20. The van der Waals surface area contributed by atoms with Gasteiger partial charge in [-0.25, -0.2) is 0 Å². The summed E-state index contributed by atoms with van der Waals surface area (Å²) in [4.78, 5) is 14.2. The lowest BCUT2D eigenvalue weighted by atomic mass is 10.0. The summed E-state index contributed by atoms with van der Waals surface area (Å²) < 4.78 is 7.34. The highest BCUT2D eigenvalue weighted by molar-refractivity contribution is 5.87. The SMILES string of the molecule is CC(C)(C)OC(=O)CN1CCC(n2nc(N)c3nnc(-c4ccccc4O)cc32)CC1. The van der Waals surface area contributed by atoms with Crippen LogP contribution in [0.4, 0.5) is 5.82 Å². The summed E-state index contributed by atoms with van der Waals surface area (Å²) >= 11 is 0. The molecule has 3 aromatic rings. The molecule has 0 unspecified atom stereocenters. The average Bonchev–Trinajstić information content (AvgIpc) is 3.03. The number of phenolic OH excluding ortho intramolecular Hbond substituents is 1. The van der Waals surface area contributed by atoms with Crippen molar-refractivity contribution in [1.82, 2.24) is 24.9 Å². The van der Waals surface area contributed by atoms with E-state index in [-0.39, 0.29) is 24.3 Å². The number of nitrogens with zero attached hydrogens (tertiary/aromatic N) is 5. The van der Waals surface area contributed by atoms with E-state index in [0.29, 0.717) is 22.6 Å². The second kappa shape index (κ2) is 8.14. The maximum absolute atomic E-state index is 12.1. The van der Waals surface area contributed by atoms with Crippen LogP contribution in [0.25, 0.3) is 22.3 Å². The number of aromatic nitrogens is 4. The van der Waals surface area contributed by atoms with Gasteiger partial charge in [0.25, 0.3) is 0 Å². The van der Waals surface area contributed by atoms with Gasteiger partial charge in [0.2, 0.25) is 0 Å². The maximum Gasteiger partial charge on any atom is 0.320 e. The van der Waals surface area contributed by atoms with Gasteiger partial charge in [0.05, 0.1) is 23.8 Å². The molecule has 4 rings (SSSR count). The van der Waals surface area contributed by atoms with Gasteiger partial charge in [0.15, 0.2) is 11.3 Å². The third-order valence-corrected chi connectivity index (χ3v) is 5.33. The zero-order chi connectivity index (χ0) is 22.2. The fourth-order valence-corrected chi connectivity index (χ4v) is 3.93. The molecule has 164 valence electrons. The first kappa shape index (κ1) is 21.0. The zero-order valence-corrected chi connectivity index (χ0v) is 18.1. The van der Waals surface area contributed by atoms with E-state index >= 15 is 0 Å². The number of hydrogen-bond donors (Lipinski definition) is 2.